The molecule has 0 spiro atoms. The molecule has 0 unspecified atom stereocenters. The predicted molar refractivity (Wildman–Crippen MR) is 135 cm³/mol. The van der Waals surface area contributed by atoms with Crippen LogP contribution in [0.1, 0.15) is 57.3 Å². The Morgan fingerprint density at radius 1 is 0.914 bits per heavy atom. The summed E-state index contributed by atoms with van der Waals surface area (Å²) in [6.45, 7) is 1.29. The number of thiophene rings is 1. The number of carbonyl (C=O) groups is 3. The lowest BCUT2D eigenvalue weighted by molar-refractivity contribution is -0.119. The monoisotopic (exact) mass is 489 g/mol. The van der Waals surface area contributed by atoms with Crippen LogP contribution in [0.2, 0.25) is 0 Å². The summed E-state index contributed by atoms with van der Waals surface area (Å²) < 4.78 is 5.46. The topological polar surface area (TPSA) is 118 Å². The maximum Gasteiger partial charge on any atom is 0.349 e. The summed E-state index contributed by atoms with van der Waals surface area (Å²) in [5.74, 6) is -1.57. The van der Waals surface area contributed by atoms with E-state index in [9.17, 15) is 19.2 Å². The highest BCUT2D eigenvalue weighted by atomic mass is 32.1. The van der Waals surface area contributed by atoms with Crippen molar-refractivity contribution in [3.05, 3.63) is 74.5 Å². The first kappa shape index (κ1) is 22.8. The fourth-order valence-corrected chi connectivity index (χ4v) is 5.76. The SMILES string of the molecule is CC(=O)NNC(=O)c1c(NC(=O)c2cc3c(ccc4ccccc43)oc2=O)sc2c1CCCCC2. The van der Waals surface area contributed by atoms with E-state index in [0.29, 0.717) is 28.0 Å². The van der Waals surface area contributed by atoms with Crippen LogP contribution in [-0.2, 0) is 17.6 Å². The highest BCUT2D eigenvalue weighted by Gasteiger charge is 2.27. The Balaban J connectivity index is 1.55. The molecule has 1 aliphatic carbocycles. The van der Waals surface area contributed by atoms with Crippen LogP contribution in [0.4, 0.5) is 5.00 Å². The fraction of sp³-hybridized carbons (Fsp3) is 0.231. The van der Waals surface area contributed by atoms with Crippen LogP contribution in [0, 0.1) is 0 Å². The van der Waals surface area contributed by atoms with E-state index in [0.717, 1.165) is 46.9 Å². The molecule has 0 fully saturated rings. The summed E-state index contributed by atoms with van der Waals surface area (Å²) >= 11 is 1.33. The third-order valence-electron chi connectivity index (χ3n) is 6.11. The quantitative estimate of drug-likeness (QED) is 0.172. The van der Waals surface area contributed by atoms with E-state index in [4.69, 9.17) is 4.42 Å². The molecule has 4 aromatic rings. The highest BCUT2D eigenvalue weighted by molar-refractivity contribution is 7.17. The summed E-state index contributed by atoms with van der Waals surface area (Å²) in [6, 6.07) is 12.7. The normalized spacial score (nSPS) is 13.2. The molecule has 0 aliphatic heterocycles. The molecule has 0 radical (unpaired) electrons. The number of hydrazine groups is 1. The van der Waals surface area contributed by atoms with Crippen LogP contribution in [0.25, 0.3) is 21.7 Å². The van der Waals surface area contributed by atoms with Gasteiger partial charge in [-0.05, 0) is 54.2 Å². The first-order valence-electron chi connectivity index (χ1n) is 11.4. The molecule has 0 bridgehead atoms. The van der Waals surface area contributed by atoms with Crippen molar-refractivity contribution in [1.29, 1.82) is 0 Å². The van der Waals surface area contributed by atoms with Gasteiger partial charge in [-0.25, -0.2) is 4.79 Å². The standard InChI is InChI=1S/C26H23N3O5S/c1-14(30)28-29-24(32)22-17-9-3-2-4-10-21(17)35-25(22)27-23(31)19-13-18-16-8-6-5-7-15(16)11-12-20(18)34-26(19)33/h5-8,11-13H,2-4,9-10H2,1H3,(H,27,31)(H,28,30)(H,29,32). The molecule has 9 heteroatoms. The molecule has 3 N–H and O–H groups in total. The van der Waals surface area contributed by atoms with Crippen LogP contribution in [0.5, 0.6) is 0 Å². The van der Waals surface area contributed by atoms with Crippen LogP contribution < -0.4 is 21.8 Å². The van der Waals surface area contributed by atoms with Crippen molar-refractivity contribution in [3.8, 4) is 0 Å². The number of benzene rings is 2. The van der Waals surface area contributed by atoms with Crippen molar-refractivity contribution in [3.63, 3.8) is 0 Å². The van der Waals surface area contributed by atoms with Crippen LogP contribution in [0.3, 0.4) is 0 Å². The Labute approximate surface area is 204 Å². The zero-order valence-electron chi connectivity index (χ0n) is 19.0. The third kappa shape index (κ3) is 4.42. The van der Waals surface area contributed by atoms with Crippen LogP contribution in [-0.4, -0.2) is 17.7 Å². The third-order valence-corrected chi connectivity index (χ3v) is 7.32. The molecule has 1 aliphatic rings. The Hall–Kier alpha value is -3.98. The van der Waals surface area contributed by atoms with E-state index >= 15 is 0 Å². The zero-order chi connectivity index (χ0) is 24.5. The second kappa shape index (κ2) is 9.34. The number of anilines is 1. The molecule has 0 atom stereocenters. The number of fused-ring (bicyclic) bond motifs is 4. The van der Waals surface area contributed by atoms with Gasteiger partial charge in [0.05, 0.1) is 5.56 Å². The number of amides is 3. The zero-order valence-corrected chi connectivity index (χ0v) is 19.8. The van der Waals surface area contributed by atoms with Gasteiger partial charge in [-0.1, -0.05) is 36.8 Å². The molecule has 2 aromatic carbocycles. The van der Waals surface area contributed by atoms with Crippen molar-refractivity contribution in [1.82, 2.24) is 10.9 Å². The molecule has 0 saturated heterocycles. The fourth-order valence-electron chi connectivity index (χ4n) is 4.48. The van der Waals surface area contributed by atoms with E-state index in [2.05, 4.69) is 16.2 Å². The van der Waals surface area contributed by atoms with E-state index < -0.39 is 23.3 Å². The van der Waals surface area contributed by atoms with Gasteiger partial charge < -0.3 is 9.73 Å². The maximum absolute atomic E-state index is 13.3. The number of carbonyl (C=O) groups excluding carboxylic acids is 3. The predicted octanol–water partition coefficient (Wildman–Crippen LogP) is 4.31. The highest BCUT2D eigenvalue weighted by Crippen LogP contribution is 2.37. The maximum atomic E-state index is 13.3. The molecule has 0 saturated carbocycles. The van der Waals surface area contributed by atoms with Crippen molar-refractivity contribution >= 4 is 55.8 Å². The van der Waals surface area contributed by atoms with Crippen molar-refractivity contribution in [2.24, 2.45) is 0 Å². The Bertz CT molecular complexity index is 1550. The summed E-state index contributed by atoms with van der Waals surface area (Å²) in [5, 5.41) is 5.59. The molecular weight excluding hydrogens is 466 g/mol. The summed E-state index contributed by atoms with van der Waals surface area (Å²) in [4.78, 5) is 51.3. The van der Waals surface area contributed by atoms with Crippen molar-refractivity contribution in [2.45, 2.75) is 39.0 Å². The molecule has 178 valence electrons. The Morgan fingerprint density at radius 3 is 2.54 bits per heavy atom. The number of hydrogen-bond acceptors (Lipinski definition) is 6. The average Bonchev–Trinajstić information content (AvgIpc) is 3.01. The van der Waals surface area contributed by atoms with Gasteiger partial charge in [0.15, 0.2) is 0 Å². The molecular formula is C26H23N3O5S. The van der Waals surface area contributed by atoms with Gasteiger partial charge in [0.25, 0.3) is 11.8 Å². The van der Waals surface area contributed by atoms with Gasteiger partial charge in [0.1, 0.15) is 16.1 Å². The number of hydrogen-bond donors (Lipinski definition) is 3. The molecule has 8 nitrogen and oxygen atoms in total. The molecule has 5 rings (SSSR count). The van der Waals surface area contributed by atoms with Crippen molar-refractivity contribution < 1.29 is 18.8 Å². The average molecular weight is 490 g/mol. The van der Waals surface area contributed by atoms with Gasteiger partial charge in [0.2, 0.25) is 5.91 Å². The summed E-state index contributed by atoms with van der Waals surface area (Å²) in [7, 11) is 0. The van der Waals surface area contributed by atoms with Gasteiger partial charge in [-0.3, -0.25) is 25.2 Å². The molecule has 35 heavy (non-hydrogen) atoms. The van der Waals surface area contributed by atoms with E-state index in [1.165, 1.54) is 24.3 Å². The van der Waals surface area contributed by atoms with Gasteiger partial charge in [-0.2, -0.15) is 0 Å². The van der Waals surface area contributed by atoms with Gasteiger partial charge in [-0.15, -0.1) is 11.3 Å². The Morgan fingerprint density at radius 2 is 1.71 bits per heavy atom. The summed E-state index contributed by atoms with van der Waals surface area (Å²) in [6.07, 6.45) is 4.49. The second-order valence-corrected chi connectivity index (χ2v) is 9.61. The number of nitrogens with one attached hydrogen (secondary N) is 3. The van der Waals surface area contributed by atoms with E-state index in [-0.39, 0.29) is 5.56 Å². The Kier molecular flexibility index (Phi) is 6.08. The van der Waals surface area contributed by atoms with Gasteiger partial charge >= 0.3 is 5.63 Å². The smallest absolute Gasteiger partial charge is 0.349 e. The minimum atomic E-state index is -0.757. The largest absolute Gasteiger partial charge is 0.422 e. The summed E-state index contributed by atoms with van der Waals surface area (Å²) in [5.41, 5.74) is 5.39. The molecule has 2 heterocycles. The van der Waals surface area contributed by atoms with Gasteiger partial charge in [0, 0.05) is 17.2 Å². The molecule has 3 amide bonds. The first-order chi connectivity index (χ1) is 16.9. The number of rotatable bonds is 3. The molecule has 2 aromatic heterocycles. The van der Waals surface area contributed by atoms with Crippen molar-refractivity contribution in [2.75, 3.05) is 5.32 Å². The van der Waals surface area contributed by atoms with Crippen LogP contribution in [0.15, 0.2) is 51.7 Å². The second-order valence-electron chi connectivity index (χ2n) is 8.50. The lowest BCUT2D eigenvalue weighted by Gasteiger charge is -2.10. The lowest BCUT2D eigenvalue weighted by atomic mass is 10.0. The van der Waals surface area contributed by atoms with E-state index in [1.54, 1.807) is 6.07 Å². The number of aryl methyl sites for hydroxylation is 1. The first-order valence-corrected chi connectivity index (χ1v) is 12.2. The minimum Gasteiger partial charge on any atom is -0.422 e. The lowest BCUT2D eigenvalue weighted by Crippen LogP contribution is -2.40. The van der Waals surface area contributed by atoms with Crippen LogP contribution >= 0.6 is 11.3 Å². The minimum absolute atomic E-state index is 0.148. The van der Waals surface area contributed by atoms with E-state index in [1.807, 2.05) is 30.3 Å².